The molecule has 1 aromatic carbocycles. The Bertz CT molecular complexity index is 689. The monoisotopic (exact) mass is 314 g/mol. The van der Waals surface area contributed by atoms with E-state index in [4.69, 9.17) is 5.73 Å². The highest BCUT2D eigenvalue weighted by atomic mass is 79.9. The molecule has 3 aromatic rings. The molecule has 0 spiro atoms. The van der Waals surface area contributed by atoms with Gasteiger partial charge in [-0.2, -0.15) is 5.10 Å². The van der Waals surface area contributed by atoms with E-state index in [0.717, 1.165) is 21.4 Å². The maximum atomic E-state index is 6.02. The number of rotatable bonds is 2. The first kappa shape index (κ1) is 11.9. The van der Waals surface area contributed by atoms with E-state index in [1.54, 1.807) is 17.1 Å². The molecule has 0 radical (unpaired) electrons. The molecule has 0 fully saturated rings. The number of hydrogen-bond acceptors (Lipinski definition) is 3. The fourth-order valence-electron chi connectivity index (χ4n) is 1.84. The van der Waals surface area contributed by atoms with Gasteiger partial charge in [-0.15, -0.1) is 0 Å². The number of anilines is 1. The Morgan fingerprint density at radius 2 is 1.89 bits per heavy atom. The fraction of sp³-hybridized carbons (Fsp3) is 0. The molecule has 3 rings (SSSR count). The maximum absolute atomic E-state index is 6.02. The van der Waals surface area contributed by atoms with E-state index in [1.807, 2.05) is 42.5 Å². The lowest BCUT2D eigenvalue weighted by molar-refractivity contribution is 0.894. The lowest BCUT2D eigenvalue weighted by Gasteiger charge is -2.03. The van der Waals surface area contributed by atoms with E-state index in [0.29, 0.717) is 5.82 Å². The van der Waals surface area contributed by atoms with Crippen LogP contribution in [0.25, 0.3) is 16.9 Å². The predicted molar refractivity (Wildman–Crippen MR) is 78.9 cm³/mol. The zero-order valence-corrected chi connectivity index (χ0v) is 11.6. The summed E-state index contributed by atoms with van der Waals surface area (Å²) in [6.07, 6.45) is 3.51. The summed E-state index contributed by atoms with van der Waals surface area (Å²) in [5.41, 5.74) is 8.71. The molecular weight excluding hydrogens is 304 g/mol. The minimum absolute atomic E-state index is 0.598. The number of nitrogen functional groups attached to an aromatic ring is 1. The summed E-state index contributed by atoms with van der Waals surface area (Å²) in [6.45, 7) is 0. The third-order valence-corrected chi connectivity index (χ3v) is 3.29. The van der Waals surface area contributed by atoms with Crippen LogP contribution in [0.5, 0.6) is 0 Å². The second-order valence-electron chi connectivity index (χ2n) is 4.08. The molecule has 0 saturated carbocycles. The molecule has 5 heteroatoms. The zero-order chi connectivity index (χ0) is 13.2. The quantitative estimate of drug-likeness (QED) is 0.789. The molecule has 2 aromatic heterocycles. The van der Waals surface area contributed by atoms with Crippen molar-refractivity contribution in [2.75, 3.05) is 5.73 Å². The Morgan fingerprint density at radius 3 is 2.58 bits per heavy atom. The van der Waals surface area contributed by atoms with Gasteiger partial charge in [-0.3, -0.25) is 4.98 Å². The van der Waals surface area contributed by atoms with Gasteiger partial charge in [0.05, 0.1) is 11.4 Å². The van der Waals surface area contributed by atoms with Crippen molar-refractivity contribution in [2.45, 2.75) is 0 Å². The van der Waals surface area contributed by atoms with Crippen LogP contribution >= 0.6 is 15.9 Å². The molecule has 0 aliphatic carbocycles. The van der Waals surface area contributed by atoms with E-state index < -0.39 is 0 Å². The Hall–Kier alpha value is -2.14. The van der Waals surface area contributed by atoms with Gasteiger partial charge in [0.15, 0.2) is 0 Å². The van der Waals surface area contributed by atoms with Crippen LogP contribution in [-0.2, 0) is 0 Å². The van der Waals surface area contributed by atoms with Crippen LogP contribution in [0.3, 0.4) is 0 Å². The Kier molecular flexibility index (Phi) is 3.05. The smallest absolute Gasteiger partial charge is 0.127 e. The maximum Gasteiger partial charge on any atom is 0.127 e. The summed E-state index contributed by atoms with van der Waals surface area (Å²) < 4.78 is 2.74. The lowest BCUT2D eigenvalue weighted by Crippen LogP contribution is -2.01. The minimum atomic E-state index is 0.598. The van der Waals surface area contributed by atoms with E-state index in [2.05, 4.69) is 26.0 Å². The van der Waals surface area contributed by atoms with Crippen LogP contribution in [0.2, 0.25) is 0 Å². The van der Waals surface area contributed by atoms with Crippen LogP contribution in [-0.4, -0.2) is 14.8 Å². The van der Waals surface area contributed by atoms with Crippen molar-refractivity contribution in [1.29, 1.82) is 0 Å². The molecule has 0 atom stereocenters. The molecule has 0 saturated heterocycles. The molecular formula is C14H11BrN4. The lowest BCUT2D eigenvalue weighted by atomic mass is 10.2. The summed E-state index contributed by atoms with van der Waals surface area (Å²) in [5, 5.41) is 4.52. The highest BCUT2D eigenvalue weighted by molar-refractivity contribution is 9.10. The molecule has 0 amide bonds. The molecule has 0 aliphatic heterocycles. The van der Waals surface area contributed by atoms with Gasteiger partial charge in [0.2, 0.25) is 0 Å². The molecule has 19 heavy (non-hydrogen) atoms. The average Bonchev–Trinajstić information content (AvgIpc) is 2.83. The van der Waals surface area contributed by atoms with Gasteiger partial charge in [-0.05, 0) is 36.4 Å². The summed E-state index contributed by atoms with van der Waals surface area (Å²) >= 11 is 3.41. The summed E-state index contributed by atoms with van der Waals surface area (Å²) in [4.78, 5) is 4.09. The van der Waals surface area contributed by atoms with Crippen LogP contribution in [0.4, 0.5) is 5.82 Å². The molecule has 2 heterocycles. The number of halogens is 1. The standard InChI is InChI=1S/C14H11BrN4/c15-11-3-5-12(6-4-11)19-14(16)8-13(18-19)10-2-1-7-17-9-10/h1-9H,16H2. The van der Waals surface area contributed by atoms with E-state index in [-0.39, 0.29) is 0 Å². The van der Waals surface area contributed by atoms with Crippen molar-refractivity contribution in [3.8, 4) is 16.9 Å². The van der Waals surface area contributed by atoms with E-state index in [1.165, 1.54) is 0 Å². The zero-order valence-electron chi connectivity index (χ0n) is 9.99. The Balaban J connectivity index is 2.05. The van der Waals surface area contributed by atoms with Gasteiger partial charge < -0.3 is 5.73 Å². The Morgan fingerprint density at radius 1 is 1.11 bits per heavy atom. The molecule has 2 N–H and O–H groups in total. The number of aromatic nitrogens is 3. The summed E-state index contributed by atoms with van der Waals surface area (Å²) in [5.74, 6) is 0.598. The SMILES string of the molecule is Nc1cc(-c2cccnc2)nn1-c1ccc(Br)cc1. The molecule has 0 bridgehead atoms. The number of nitrogens with two attached hydrogens (primary N) is 1. The number of nitrogens with zero attached hydrogens (tertiary/aromatic N) is 3. The van der Waals surface area contributed by atoms with Gasteiger partial charge in [-0.25, -0.2) is 4.68 Å². The first-order valence-electron chi connectivity index (χ1n) is 5.76. The van der Waals surface area contributed by atoms with Crippen molar-refractivity contribution in [3.63, 3.8) is 0 Å². The third kappa shape index (κ3) is 2.37. The first-order valence-corrected chi connectivity index (χ1v) is 6.55. The first-order chi connectivity index (χ1) is 9.24. The van der Waals surface area contributed by atoms with Crippen LogP contribution in [0.1, 0.15) is 0 Å². The van der Waals surface area contributed by atoms with Crippen LogP contribution in [0, 0.1) is 0 Å². The highest BCUT2D eigenvalue weighted by Crippen LogP contribution is 2.23. The van der Waals surface area contributed by atoms with Gasteiger partial charge in [0.1, 0.15) is 5.82 Å². The molecule has 0 aliphatic rings. The van der Waals surface area contributed by atoms with Gasteiger partial charge in [-0.1, -0.05) is 15.9 Å². The fourth-order valence-corrected chi connectivity index (χ4v) is 2.10. The van der Waals surface area contributed by atoms with Gasteiger partial charge >= 0.3 is 0 Å². The summed E-state index contributed by atoms with van der Waals surface area (Å²) in [6, 6.07) is 13.5. The van der Waals surface area contributed by atoms with Crippen molar-refractivity contribution in [3.05, 3.63) is 59.3 Å². The summed E-state index contributed by atoms with van der Waals surface area (Å²) in [7, 11) is 0. The molecule has 4 nitrogen and oxygen atoms in total. The Labute approximate surface area is 119 Å². The number of benzene rings is 1. The van der Waals surface area contributed by atoms with Gasteiger partial charge in [0.25, 0.3) is 0 Å². The highest BCUT2D eigenvalue weighted by Gasteiger charge is 2.08. The average molecular weight is 315 g/mol. The van der Waals surface area contributed by atoms with Crippen LogP contribution < -0.4 is 5.73 Å². The van der Waals surface area contributed by atoms with E-state index >= 15 is 0 Å². The van der Waals surface area contributed by atoms with Crippen molar-refractivity contribution < 1.29 is 0 Å². The van der Waals surface area contributed by atoms with Crippen LogP contribution in [0.15, 0.2) is 59.3 Å². The predicted octanol–water partition coefficient (Wildman–Crippen LogP) is 3.28. The topological polar surface area (TPSA) is 56.7 Å². The third-order valence-electron chi connectivity index (χ3n) is 2.77. The van der Waals surface area contributed by atoms with Crippen molar-refractivity contribution in [2.24, 2.45) is 0 Å². The van der Waals surface area contributed by atoms with Crippen molar-refractivity contribution >= 4 is 21.7 Å². The van der Waals surface area contributed by atoms with Crippen molar-refractivity contribution in [1.82, 2.24) is 14.8 Å². The van der Waals surface area contributed by atoms with Gasteiger partial charge in [0, 0.05) is 28.5 Å². The second kappa shape index (κ2) is 4.85. The molecule has 94 valence electrons. The minimum Gasteiger partial charge on any atom is -0.384 e. The van der Waals surface area contributed by atoms with E-state index in [9.17, 15) is 0 Å². The largest absolute Gasteiger partial charge is 0.384 e. The number of pyridine rings is 1. The normalized spacial score (nSPS) is 10.6. The number of hydrogen-bond donors (Lipinski definition) is 1. The molecule has 0 unspecified atom stereocenters. The second-order valence-corrected chi connectivity index (χ2v) is 5.00.